The van der Waals surface area contributed by atoms with Crippen molar-refractivity contribution in [3.05, 3.63) is 28.7 Å². The monoisotopic (exact) mass is 362 g/mol. The Labute approximate surface area is 148 Å². The SMILES string of the molecule is O=C1NCCc2nc(-c3ccc(N4CCC[C@@H](CO)C4)nc3F)sc21. The van der Waals surface area contributed by atoms with E-state index in [9.17, 15) is 14.3 Å². The lowest BCUT2D eigenvalue weighted by Gasteiger charge is -2.32. The second kappa shape index (κ2) is 6.68. The van der Waals surface area contributed by atoms with Crippen LogP contribution in [-0.2, 0) is 6.42 Å². The van der Waals surface area contributed by atoms with Crippen LogP contribution >= 0.6 is 11.3 Å². The van der Waals surface area contributed by atoms with Gasteiger partial charge in [-0.05, 0) is 30.9 Å². The van der Waals surface area contributed by atoms with Crippen molar-refractivity contribution in [2.45, 2.75) is 19.3 Å². The van der Waals surface area contributed by atoms with Crippen LogP contribution in [0.4, 0.5) is 10.2 Å². The quantitative estimate of drug-likeness (QED) is 0.815. The summed E-state index contributed by atoms with van der Waals surface area (Å²) in [5.74, 6) is 0.0782. The van der Waals surface area contributed by atoms with Gasteiger partial charge in [0.15, 0.2) is 0 Å². The Hall–Kier alpha value is -2.06. The van der Waals surface area contributed by atoms with Crippen molar-refractivity contribution in [3.8, 4) is 10.6 Å². The highest BCUT2D eigenvalue weighted by atomic mass is 32.1. The predicted octanol–water partition coefficient (Wildman–Crippen LogP) is 1.84. The molecule has 1 saturated heterocycles. The molecular weight excluding hydrogens is 343 g/mol. The summed E-state index contributed by atoms with van der Waals surface area (Å²) in [6, 6.07) is 3.47. The molecular formula is C17H19FN4O2S. The lowest BCUT2D eigenvalue weighted by atomic mass is 9.99. The van der Waals surface area contributed by atoms with Crippen molar-refractivity contribution in [1.82, 2.24) is 15.3 Å². The van der Waals surface area contributed by atoms with Gasteiger partial charge in [0.25, 0.3) is 5.91 Å². The lowest BCUT2D eigenvalue weighted by molar-refractivity contribution is 0.0950. The van der Waals surface area contributed by atoms with Crippen LogP contribution < -0.4 is 10.2 Å². The van der Waals surface area contributed by atoms with E-state index in [1.165, 1.54) is 11.3 Å². The molecule has 1 atom stereocenters. The zero-order valence-electron chi connectivity index (χ0n) is 13.7. The van der Waals surface area contributed by atoms with Gasteiger partial charge in [-0.3, -0.25) is 4.79 Å². The fourth-order valence-electron chi connectivity index (χ4n) is 3.37. The first kappa shape index (κ1) is 16.4. The van der Waals surface area contributed by atoms with E-state index in [1.54, 1.807) is 12.1 Å². The smallest absolute Gasteiger partial charge is 0.263 e. The highest BCUT2D eigenvalue weighted by Gasteiger charge is 2.25. The Balaban J connectivity index is 1.61. The van der Waals surface area contributed by atoms with E-state index in [4.69, 9.17) is 0 Å². The summed E-state index contributed by atoms with van der Waals surface area (Å²) < 4.78 is 14.6. The van der Waals surface area contributed by atoms with Crippen LogP contribution in [0, 0.1) is 11.9 Å². The number of rotatable bonds is 3. The standard InChI is InChI=1S/C17H19FN4O2S/c18-15-11(17-20-12-5-6-19-16(24)14(12)25-17)3-4-13(21-15)22-7-1-2-10(8-22)9-23/h3-4,10,23H,1-2,5-9H2,(H,19,24)/t10-/m1/s1. The molecule has 2 aliphatic heterocycles. The highest BCUT2D eigenvalue weighted by Crippen LogP contribution is 2.32. The number of anilines is 1. The molecule has 1 amide bonds. The van der Waals surface area contributed by atoms with E-state index < -0.39 is 5.95 Å². The van der Waals surface area contributed by atoms with Gasteiger partial charge in [-0.2, -0.15) is 4.39 Å². The number of aromatic nitrogens is 2. The number of hydrogen-bond donors (Lipinski definition) is 2. The van der Waals surface area contributed by atoms with Crippen molar-refractivity contribution in [2.75, 3.05) is 31.1 Å². The van der Waals surface area contributed by atoms with Gasteiger partial charge in [-0.1, -0.05) is 0 Å². The van der Waals surface area contributed by atoms with Gasteiger partial charge < -0.3 is 15.3 Å². The van der Waals surface area contributed by atoms with Gasteiger partial charge in [0, 0.05) is 32.7 Å². The maximum atomic E-state index is 14.6. The number of piperidine rings is 1. The average Bonchev–Trinajstić information content (AvgIpc) is 3.07. The molecule has 4 heterocycles. The number of amides is 1. The van der Waals surface area contributed by atoms with Crippen molar-refractivity contribution in [3.63, 3.8) is 0 Å². The Morgan fingerprint density at radius 2 is 2.28 bits per heavy atom. The van der Waals surface area contributed by atoms with Crippen LogP contribution in [0.5, 0.6) is 0 Å². The second-order valence-corrected chi connectivity index (χ2v) is 7.44. The molecule has 4 rings (SSSR count). The number of nitrogens with one attached hydrogen (secondary N) is 1. The third-order valence-electron chi connectivity index (χ3n) is 4.72. The molecule has 1 fully saturated rings. The highest BCUT2D eigenvalue weighted by molar-refractivity contribution is 7.17. The number of carbonyl (C=O) groups excluding carboxylic acids is 1. The minimum absolute atomic E-state index is 0.140. The molecule has 0 spiro atoms. The Morgan fingerprint density at radius 3 is 3.04 bits per heavy atom. The molecule has 2 N–H and O–H groups in total. The summed E-state index contributed by atoms with van der Waals surface area (Å²) in [6.07, 6.45) is 2.62. The lowest BCUT2D eigenvalue weighted by Crippen LogP contribution is -2.37. The molecule has 132 valence electrons. The molecule has 2 aliphatic rings. The maximum absolute atomic E-state index is 14.6. The summed E-state index contributed by atoms with van der Waals surface area (Å²) >= 11 is 1.21. The van der Waals surface area contributed by atoms with Crippen molar-refractivity contribution in [2.24, 2.45) is 5.92 Å². The van der Waals surface area contributed by atoms with Gasteiger partial charge in [0.05, 0.1) is 11.3 Å². The van der Waals surface area contributed by atoms with E-state index >= 15 is 0 Å². The third-order valence-corrected chi connectivity index (χ3v) is 5.85. The first-order chi connectivity index (χ1) is 12.2. The number of nitrogens with zero attached hydrogens (tertiary/aromatic N) is 3. The van der Waals surface area contributed by atoms with Gasteiger partial charge in [-0.15, -0.1) is 11.3 Å². The number of aliphatic hydroxyl groups is 1. The zero-order chi connectivity index (χ0) is 17.4. The van der Waals surface area contributed by atoms with Crippen LogP contribution in [0.25, 0.3) is 10.6 Å². The van der Waals surface area contributed by atoms with Crippen LogP contribution in [-0.4, -0.2) is 47.2 Å². The van der Waals surface area contributed by atoms with Crippen LogP contribution in [0.2, 0.25) is 0 Å². The molecule has 0 aromatic carbocycles. The number of carbonyl (C=O) groups is 1. The Kier molecular flexibility index (Phi) is 4.39. The second-order valence-electron chi connectivity index (χ2n) is 6.45. The van der Waals surface area contributed by atoms with Crippen LogP contribution in [0.1, 0.15) is 28.2 Å². The minimum Gasteiger partial charge on any atom is -0.396 e. The number of fused-ring (bicyclic) bond motifs is 1. The van der Waals surface area contributed by atoms with Gasteiger partial charge >= 0.3 is 0 Å². The molecule has 0 saturated carbocycles. The van der Waals surface area contributed by atoms with Crippen LogP contribution in [0.15, 0.2) is 12.1 Å². The van der Waals surface area contributed by atoms with E-state index in [0.29, 0.717) is 40.8 Å². The zero-order valence-corrected chi connectivity index (χ0v) is 14.5. The number of thiazole rings is 1. The van der Waals surface area contributed by atoms with E-state index in [0.717, 1.165) is 25.1 Å². The summed E-state index contributed by atoms with van der Waals surface area (Å²) in [5, 5.41) is 12.6. The summed E-state index contributed by atoms with van der Waals surface area (Å²) in [7, 11) is 0. The number of halogens is 1. The average molecular weight is 362 g/mol. The number of pyridine rings is 1. The molecule has 0 unspecified atom stereocenters. The fourth-order valence-corrected chi connectivity index (χ4v) is 4.41. The Bertz CT molecular complexity index is 810. The summed E-state index contributed by atoms with van der Waals surface area (Å²) in [5.41, 5.74) is 1.06. The van der Waals surface area contributed by atoms with Gasteiger partial charge in [0.2, 0.25) is 5.95 Å². The van der Waals surface area contributed by atoms with Gasteiger partial charge in [-0.25, -0.2) is 9.97 Å². The van der Waals surface area contributed by atoms with E-state index in [-0.39, 0.29) is 18.4 Å². The largest absolute Gasteiger partial charge is 0.396 e. The summed E-state index contributed by atoms with van der Waals surface area (Å²) in [4.78, 5) is 23.0. The molecule has 0 radical (unpaired) electrons. The molecule has 2 aromatic rings. The molecule has 0 aliphatic carbocycles. The maximum Gasteiger partial charge on any atom is 0.263 e. The van der Waals surface area contributed by atoms with E-state index in [2.05, 4.69) is 15.3 Å². The molecule has 25 heavy (non-hydrogen) atoms. The predicted molar refractivity (Wildman–Crippen MR) is 93.4 cm³/mol. The first-order valence-electron chi connectivity index (χ1n) is 8.46. The van der Waals surface area contributed by atoms with Crippen molar-refractivity contribution >= 4 is 23.1 Å². The molecule has 2 aromatic heterocycles. The summed E-state index contributed by atoms with van der Waals surface area (Å²) in [6.45, 7) is 2.21. The molecule has 8 heteroatoms. The normalized spacial score (nSPS) is 20.3. The topological polar surface area (TPSA) is 78.4 Å². The van der Waals surface area contributed by atoms with Crippen molar-refractivity contribution < 1.29 is 14.3 Å². The minimum atomic E-state index is -0.574. The molecule has 0 bridgehead atoms. The number of aliphatic hydroxyl groups excluding tert-OH is 1. The van der Waals surface area contributed by atoms with Gasteiger partial charge in [0.1, 0.15) is 15.7 Å². The number of hydrogen-bond acceptors (Lipinski definition) is 6. The Morgan fingerprint density at radius 1 is 1.40 bits per heavy atom. The third kappa shape index (κ3) is 3.11. The fraction of sp³-hybridized carbons (Fsp3) is 0.471. The van der Waals surface area contributed by atoms with Crippen LogP contribution in [0.3, 0.4) is 0 Å². The van der Waals surface area contributed by atoms with E-state index in [1.807, 2.05) is 4.90 Å². The van der Waals surface area contributed by atoms with Crippen molar-refractivity contribution in [1.29, 1.82) is 0 Å². The molecule has 6 nitrogen and oxygen atoms in total. The first-order valence-corrected chi connectivity index (χ1v) is 9.28.